The molecule has 10 heteroatoms. The normalized spacial score (nSPS) is 19.5. The fourth-order valence-electron chi connectivity index (χ4n) is 6.41. The highest BCUT2D eigenvalue weighted by Crippen LogP contribution is 2.45. The first-order valence-electron chi connectivity index (χ1n) is 14.7. The number of H-pyrrole nitrogens is 1. The molecular formula is C33H30F2N4O4. The first-order valence-corrected chi connectivity index (χ1v) is 14.7. The summed E-state index contributed by atoms with van der Waals surface area (Å²) in [6.07, 6.45) is 6.64. The average molecular weight is 585 g/mol. The topological polar surface area (TPSA) is 90.9 Å². The molecule has 1 saturated carbocycles. The van der Waals surface area contributed by atoms with E-state index in [4.69, 9.17) is 9.47 Å². The number of halogens is 2. The zero-order valence-corrected chi connectivity index (χ0v) is 23.4. The molecule has 0 bridgehead atoms. The molecule has 0 unspecified atom stereocenters. The fourth-order valence-corrected chi connectivity index (χ4v) is 6.41. The second kappa shape index (κ2) is 10.2. The van der Waals surface area contributed by atoms with Crippen molar-refractivity contribution in [1.29, 1.82) is 0 Å². The van der Waals surface area contributed by atoms with E-state index in [1.165, 1.54) is 22.6 Å². The van der Waals surface area contributed by atoms with Crippen molar-refractivity contribution in [3.8, 4) is 22.6 Å². The Labute approximate surface area is 246 Å². The number of nitrogens with zero attached hydrogens (tertiary/aromatic N) is 3. The van der Waals surface area contributed by atoms with Crippen molar-refractivity contribution in [2.24, 2.45) is 0 Å². The first kappa shape index (κ1) is 26.4. The highest BCUT2D eigenvalue weighted by Gasteiger charge is 2.34. The van der Waals surface area contributed by atoms with E-state index in [1.54, 1.807) is 18.3 Å². The molecule has 3 aliphatic heterocycles. The number of aromatic nitrogens is 2. The lowest BCUT2D eigenvalue weighted by molar-refractivity contribution is -0.0612. The summed E-state index contributed by atoms with van der Waals surface area (Å²) >= 11 is 0. The number of rotatable bonds is 5. The van der Waals surface area contributed by atoms with Gasteiger partial charge < -0.3 is 24.5 Å². The molecule has 4 aromatic rings. The zero-order chi connectivity index (χ0) is 29.2. The number of fused-ring (bicyclic) bond motifs is 2. The number of anilines is 1. The Balaban J connectivity index is 1.15. The van der Waals surface area contributed by atoms with Crippen molar-refractivity contribution in [1.82, 2.24) is 14.9 Å². The van der Waals surface area contributed by atoms with Crippen molar-refractivity contribution in [2.75, 3.05) is 44.4 Å². The number of hydrogen-bond acceptors (Lipinski definition) is 6. The molecule has 0 spiro atoms. The van der Waals surface area contributed by atoms with Crippen molar-refractivity contribution < 1.29 is 28.2 Å². The van der Waals surface area contributed by atoms with Gasteiger partial charge in [-0.05, 0) is 72.2 Å². The van der Waals surface area contributed by atoms with Crippen LogP contribution in [0.4, 0.5) is 14.5 Å². The number of amides is 1. The largest absolute Gasteiger partial charge is 0.505 e. The predicted octanol–water partition coefficient (Wildman–Crippen LogP) is 5.62. The van der Waals surface area contributed by atoms with E-state index >= 15 is 8.78 Å². The monoisotopic (exact) mass is 584 g/mol. The van der Waals surface area contributed by atoms with Gasteiger partial charge in [-0.25, -0.2) is 13.8 Å². The molecule has 5 heterocycles. The standard InChI is InChI=1S/C33H30F2N4O4/c34-21-13-24(23-3-6-36-32-25(23)15-27(37-32)19-4-7-38(8-5-19)22-16-42-17-22)31(40)28(14-21)39-9-10-43-29-12-20(18-1-2-18)11-26(35)30(29)33(39)41/h3-4,6,11-15,18,22,40H,1-2,5,7-10,16-17H2,(H,36,37). The minimum atomic E-state index is -0.685. The highest BCUT2D eigenvalue weighted by molar-refractivity contribution is 6.10. The van der Waals surface area contributed by atoms with E-state index in [-0.39, 0.29) is 47.4 Å². The van der Waals surface area contributed by atoms with Gasteiger partial charge in [0.25, 0.3) is 5.91 Å². The molecule has 2 fully saturated rings. The van der Waals surface area contributed by atoms with Gasteiger partial charge in [0, 0.05) is 42.0 Å². The van der Waals surface area contributed by atoms with Crippen molar-refractivity contribution in [3.05, 3.63) is 77.1 Å². The molecule has 1 amide bonds. The first-order chi connectivity index (χ1) is 20.9. The summed E-state index contributed by atoms with van der Waals surface area (Å²) in [5, 5.41) is 12.3. The number of pyridine rings is 1. The maximum atomic E-state index is 15.3. The lowest BCUT2D eigenvalue weighted by Gasteiger charge is -2.38. The predicted molar refractivity (Wildman–Crippen MR) is 157 cm³/mol. The van der Waals surface area contributed by atoms with E-state index in [0.717, 1.165) is 68.3 Å². The molecule has 0 radical (unpaired) electrons. The summed E-state index contributed by atoms with van der Waals surface area (Å²) in [5.41, 5.74) is 4.04. The lowest BCUT2D eigenvalue weighted by atomic mass is 9.99. The second-order valence-corrected chi connectivity index (χ2v) is 11.7. The van der Waals surface area contributed by atoms with Gasteiger partial charge >= 0.3 is 0 Å². The molecule has 8 rings (SSSR count). The number of aromatic amines is 1. The van der Waals surface area contributed by atoms with E-state index < -0.39 is 17.5 Å². The van der Waals surface area contributed by atoms with Gasteiger partial charge in [-0.3, -0.25) is 9.69 Å². The van der Waals surface area contributed by atoms with Gasteiger partial charge in [-0.15, -0.1) is 0 Å². The quantitative estimate of drug-likeness (QED) is 0.317. The Kier molecular flexibility index (Phi) is 6.23. The van der Waals surface area contributed by atoms with Crippen LogP contribution >= 0.6 is 0 Å². The summed E-state index contributed by atoms with van der Waals surface area (Å²) in [6.45, 7) is 3.41. The maximum Gasteiger partial charge on any atom is 0.265 e. The van der Waals surface area contributed by atoms with E-state index in [0.29, 0.717) is 17.3 Å². The third-order valence-corrected chi connectivity index (χ3v) is 9.05. The van der Waals surface area contributed by atoms with E-state index in [2.05, 4.69) is 20.9 Å². The molecule has 4 aliphatic rings. The Hall–Kier alpha value is -4.28. The summed E-state index contributed by atoms with van der Waals surface area (Å²) < 4.78 is 41.7. The van der Waals surface area contributed by atoms with Gasteiger partial charge in [-0.1, -0.05) is 6.08 Å². The van der Waals surface area contributed by atoms with Gasteiger partial charge in [0.15, 0.2) is 0 Å². The Morgan fingerprint density at radius 1 is 1.05 bits per heavy atom. The number of ether oxygens (including phenoxy) is 2. The second-order valence-electron chi connectivity index (χ2n) is 11.7. The molecule has 2 aromatic heterocycles. The fraction of sp³-hybridized carbons (Fsp3) is 0.333. The lowest BCUT2D eigenvalue weighted by Crippen LogP contribution is -2.50. The minimum absolute atomic E-state index is 0.0143. The van der Waals surface area contributed by atoms with Gasteiger partial charge in [0.1, 0.15) is 41.0 Å². The Bertz CT molecular complexity index is 1810. The van der Waals surface area contributed by atoms with Crippen LogP contribution in [0, 0.1) is 11.6 Å². The van der Waals surface area contributed by atoms with Crippen LogP contribution < -0.4 is 9.64 Å². The molecule has 43 heavy (non-hydrogen) atoms. The third kappa shape index (κ3) is 4.56. The van der Waals surface area contributed by atoms with Crippen LogP contribution in [-0.2, 0) is 4.74 Å². The van der Waals surface area contributed by atoms with Crippen LogP contribution in [0.1, 0.15) is 46.8 Å². The smallest absolute Gasteiger partial charge is 0.265 e. The van der Waals surface area contributed by atoms with Crippen LogP contribution in [0.2, 0.25) is 0 Å². The number of phenolic OH excluding ortho intramolecular Hbond substituents is 1. The van der Waals surface area contributed by atoms with Crippen molar-refractivity contribution in [2.45, 2.75) is 31.2 Å². The van der Waals surface area contributed by atoms with Crippen LogP contribution in [0.15, 0.2) is 48.7 Å². The molecule has 2 aromatic carbocycles. The SMILES string of the molecule is O=C1c2c(F)cc(C3CC3)cc2OCCN1c1cc(F)cc(-c2ccnc3[nH]c(C4=CCN(C5COC5)CC4)cc23)c1O. The molecule has 8 nitrogen and oxygen atoms in total. The Morgan fingerprint density at radius 2 is 1.91 bits per heavy atom. The molecular weight excluding hydrogens is 554 g/mol. The van der Waals surface area contributed by atoms with Crippen LogP contribution in [0.5, 0.6) is 11.5 Å². The minimum Gasteiger partial charge on any atom is -0.505 e. The number of carbonyl (C=O) groups excluding carboxylic acids is 1. The number of nitrogens with one attached hydrogen (secondary N) is 1. The van der Waals surface area contributed by atoms with Crippen molar-refractivity contribution >= 4 is 28.2 Å². The van der Waals surface area contributed by atoms with E-state index in [1.807, 2.05) is 6.07 Å². The number of carbonyl (C=O) groups is 1. The maximum absolute atomic E-state index is 15.3. The number of hydrogen-bond donors (Lipinski definition) is 2. The van der Waals surface area contributed by atoms with Gasteiger partial charge in [0.05, 0.1) is 31.5 Å². The van der Waals surface area contributed by atoms with E-state index in [9.17, 15) is 9.90 Å². The number of benzene rings is 2. The number of phenols is 1. The summed E-state index contributed by atoms with van der Waals surface area (Å²) in [7, 11) is 0. The molecule has 1 saturated heterocycles. The zero-order valence-electron chi connectivity index (χ0n) is 23.4. The number of aromatic hydroxyl groups is 1. The third-order valence-electron chi connectivity index (χ3n) is 9.05. The van der Waals surface area contributed by atoms with Crippen LogP contribution in [-0.4, -0.2) is 71.4 Å². The highest BCUT2D eigenvalue weighted by atomic mass is 19.1. The molecule has 220 valence electrons. The van der Waals surface area contributed by atoms with Gasteiger partial charge in [0.2, 0.25) is 0 Å². The summed E-state index contributed by atoms with van der Waals surface area (Å²) in [4.78, 5) is 25.2. The summed E-state index contributed by atoms with van der Waals surface area (Å²) in [5.74, 6) is -1.81. The molecule has 2 N–H and O–H groups in total. The van der Waals surface area contributed by atoms with Crippen LogP contribution in [0.25, 0.3) is 27.7 Å². The average Bonchev–Trinajstić information content (AvgIpc) is 3.75. The Morgan fingerprint density at radius 3 is 2.65 bits per heavy atom. The summed E-state index contributed by atoms with van der Waals surface area (Å²) in [6, 6.07) is 9.63. The van der Waals surface area contributed by atoms with Gasteiger partial charge in [-0.2, -0.15) is 0 Å². The van der Waals surface area contributed by atoms with Crippen LogP contribution in [0.3, 0.4) is 0 Å². The molecule has 0 atom stereocenters. The molecule has 1 aliphatic carbocycles. The van der Waals surface area contributed by atoms with Crippen molar-refractivity contribution in [3.63, 3.8) is 0 Å².